The van der Waals surface area contributed by atoms with E-state index in [1.54, 1.807) is 26.0 Å². The first-order valence-electron chi connectivity index (χ1n) is 8.01. The molecule has 0 aliphatic carbocycles. The van der Waals surface area contributed by atoms with Crippen molar-refractivity contribution in [2.24, 2.45) is 0 Å². The van der Waals surface area contributed by atoms with Crippen LogP contribution in [0.15, 0.2) is 53.4 Å². The van der Waals surface area contributed by atoms with Crippen LogP contribution in [0.25, 0.3) is 0 Å². The van der Waals surface area contributed by atoms with Crippen molar-refractivity contribution < 1.29 is 13.2 Å². The van der Waals surface area contributed by atoms with Crippen LogP contribution in [0.2, 0.25) is 5.02 Å². The van der Waals surface area contributed by atoms with Crippen molar-refractivity contribution in [3.63, 3.8) is 0 Å². The fraction of sp³-hybridized carbons (Fsp3) is 0.278. The molecule has 0 unspecified atom stereocenters. The zero-order valence-corrected chi connectivity index (χ0v) is 15.8. The van der Waals surface area contributed by atoms with Gasteiger partial charge in [0, 0.05) is 30.2 Å². The van der Waals surface area contributed by atoms with Crippen LogP contribution in [0.1, 0.15) is 29.8 Å². The minimum atomic E-state index is -3.52. The van der Waals surface area contributed by atoms with Gasteiger partial charge in [-0.15, -0.1) is 0 Å². The average Bonchev–Trinajstić information content (AvgIpc) is 2.60. The van der Waals surface area contributed by atoms with Gasteiger partial charge in [0.15, 0.2) is 0 Å². The summed E-state index contributed by atoms with van der Waals surface area (Å²) in [7, 11) is -3.52. The van der Waals surface area contributed by atoms with Crippen LogP contribution in [-0.4, -0.2) is 31.7 Å². The molecule has 0 saturated heterocycles. The molecule has 134 valence electrons. The third-order valence-corrected chi connectivity index (χ3v) is 6.10. The summed E-state index contributed by atoms with van der Waals surface area (Å²) in [5.41, 5.74) is 1.29. The first kappa shape index (κ1) is 19.4. The number of carbonyl (C=O) groups is 1. The Morgan fingerprint density at radius 1 is 1.08 bits per heavy atom. The molecule has 0 spiro atoms. The number of carbonyl (C=O) groups excluding carboxylic acids is 1. The van der Waals surface area contributed by atoms with E-state index in [2.05, 4.69) is 5.32 Å². The van der Waals surface area contributed by atoms with Gasteiger partial charge in [0.05, 0.1) is 4.90 Å². The van der Waals surface area contributed by atoms with E-state index >= 15 is 0 Å². The molecule has 25 heavy (non-hydrogen) atoms. The SMILES string of the molecule is CCN(CC)S(=O)(=O)c1ccc(C(=O)NCc2cccc(Cl)c2)cc1. The lowest BCUT2D eigenvalue weighted by molar-refractivity contribution is 0.0951. The predicted octanol–water partition coefficient (Wildman–Crippen LogP) is 3.30. The number of hydrogen-bond donors (Lipinski definition) is 1. The molecule has 1 N–H and O–H groups in total. The number of nitrogens with one attached hydrogen (secondary N) is 1. The molecule has 0 aliphatic rings. The number of nitrogens with zero attached hydrogens (tertiary/aromatic N) is 1. The van der Waals surface area contributed by atoms with E-state index in [9.17, 15) is 13.2 Å². The maximum absolute atomic E-state index is 12.4. The Labute approximate surface area is 153 Å². The van der Waals surface area contributed by atoms with E-state index in [4.69, 9.17) is 11.6 Å². The minimum Gasteiger partial charge on any atom is -0.348 e. The molecular weight excluding hydrogens is 360 g/mol. The van der Waals surface area contributed by atoms with Gasteiger partial charge in [-0.3, -0.25) is 4.79 Å². The molecule has 0 radical (unpaired) electrons. The lowest BCUT2D eigenvalue weighted by atomic mass is 10.2. The Kier molecular flexibility index (Phi) is 6.58. The summed E-state index contributed by atoms with van der Waals surface area (Å²) in [6.45, 7) is 4.73. The second kappa shape index (κ2) is 8.47. The fourth-order valence-electron chi connectivity index (χ4n) is 2.42. The highest BCUT2D eigenvalue weighted by Gasteiger charge is 2.21. The van der Waals surface area contributed by atoms with Gasteiger partial charge in [-0.2, -0.15) is 4.31 Å². The molecule has 0 fully saturated rings. The molecule has 0 saturated carbocycles. The number of hydrogen-bond acceptors (Lipinski definition) is 3. The topological polar surface area (TPSA) is 66.5 Å². The number of sulfonamides is 1. The van der Waals surface area contributed by atoms with Gasteiger partial charge in [-0.1, -0.05) is 37.6 Å². The summed E-state index contributed by atoms with van der Waals surface area (Å²) in [6.07, 6.45) is 0. The van der Waals surface area contributed by atoms with Gasteiger partial charge in [0.1, 0.15) is 0 Å². The fourth-order valence-corrected chi connectivity index (χ4v) is 4.09. The highest BCUT2D eigenvalue weighted by atomic mass is 35.5. The molecule has 0 aliphatic heterocycles. The molecule has 2 aromatic carbocycles. The monoisotopic (exact) mass is 380 g/mol. The Morgan fingerprint density at radius 2 is 1.72 bits per heavy atom. The van der Waals surface area contributed by atoms with Gasteiger partial charge in [0.2, 0.25) is 10.0 Å². The lowest BCUT2D eigenvalue weighted by Crippen LogP contribution is -2.30. The first-order chi connectivity index (χ1) is 11.9. The predicted molar refractivity (Wildman–Crippen MR) is 99.2 cm³/mol. The van der Waals surface area contributed by atoms with Crippen molar-refractivity contribution in [3.8, 4) is 0 Å². The van der Waals surface area contributed by atoms with Gasteiger partial charge in [-0.05, 0) is 42.0 Å². The van der Waals surface area contributed by atoms with E-state index in [1.807, 2.05) is 12.1 Å². The summed E-state index contributed by atoms with van der Waals surface area (Å²) >= 11 is 5.91. The number of halogens is 1. The van der Waals surface area contributed by atoms with Crippen LogP contribution < -0.4 is 5.32 Å². The first-order valence-corrected chi connectivity index (χ1v) is 9.83. The average molecular weight is 381 g/mol. The number of rotatable bonds is 7. The molecule has 0 aromatic heterocycles. The van der Waals surface area contributed by atoms with Gasteiger partial charge < -0.3 is 5.32 Å². The largest absolute Gasteiger partial charge is 0.348 e. The Hall–Kier alpha value is -1.89. The van der Waals surface area contributed by atoms with Crippen LogP contribution in [0.3, 0.4) is 0 Å². The zero-order chi connectivity index (χ0) is 18.4. The van der Waals surface area contributed by atoms with Gasteiger partial charge in [0.25, 0.3) is 5.91 Å². The van der Waals surface area contributed by atoms with E-state index in [1.165, 1.54) is 28.6 Å². The normalized spacial score (nSPS) is 11.5. The Bertz CT molecular complexity index is 832. The molecule has 0 heterocycles. The molecule has 7 heteroatoms. The quantitative estimate of drug-likeness (QED) is 0.801. The van der Waals surface area contributed by atoms with E-state index in [-0.39, 0.29) is 10.8 Å². The van der Waals surface area contributed by atoms with Crippen LogP contribution >= 0.6 is 11.6 Å². The number of benzene rings is 2. The third kappa shape index (κ3) is 4.81. The maximum Gasteiger partial charge on any atom is 0.251 e. The van der Waals surface area contributed by atoms with Crippen molar-refractivity contribution in [2.45, 2.75) is 25.3 Å². The van der Waals surface area contributed by atoms with Gasteiger partial charge in [-0.25, -0.2) is 8.42 Å². The number of amides is 1. The zero-order valence-electron chi connectivity index (χ0n) is 14.2. The summed E-state index contributed by atoms with van der Waals surface area (Å²) in [6, 6.07) is 13.2. The van der Waals surface area contributed by atoms with Crippen LogP contribution in [0, 0.1) is 0 Å². The Morgan fingerprint density at radius 3 is 2.28 bits per heavy atom. The van der Waals surface area contributed by atoms with Crippen molar-refractivity contribution in [3.05, 3.63) is 64.7 Å². The summed E-state index contributed by atoms with van der Waals surface area (Å²) in [5, 5.41) is 3.40. The smallest absolute Gasteiger partial charge is 0.251 e. The molecule has 5 nitrogen and oxygen atoms in total. The maximum atomic E-state index is 12.4. The molecule has 2 aromatic rings. The second-order valence-corrected chi connectivity index (χ2v) is 7.80. The van der Waals surface area contributed by atoms with Crippen molar-refractivity contribution >= 4 is 27.5 Å². The molecule has 0 bridgehead atoms. The molecule has 0 atom stereocenters. The van der Waals surface area contributed by atoms with Gasteiger partial charge >= 0.3 is 0 Å². The second-order valence-electron chi connectivity index (χ2n) is 5.43. The third-order valence-electron chi connectivity index (χ3n) is 3.80. The summed E-state index contributed by atoms with van der Waals surface area (Å²) < 4.78 is 26.2. The van der Waals surface area contributed by atoms with E-state index < -0.39 is 10.0 Å². The Balaban J connectivity index is 2.07. The summed E-state index contributed by atoms with van der Waals surface area (Å²) in [4.78, 5) is 12.4. The summed E-state index contributed by atoms with van der Waals surface area (Å²) in [5.74, 6) is -0.272. The lowest BCUT2D eigenvalue weighted by Gasteiger charge is -2.18. The molecule has 1 amide bonds. The van der Waals surface area contributed by atoms with Crippen LogP contribution in [0.5, 0.6) is 0 Å². The minimum absolute atomic E-state index is 0.183. The highest BCUT2D eigenvalue weighted by molar-refractivity contribution is 7.89. The van der Waals surface area contributed by atoms with Crippen molar-refractivity contribution in [2.75, 3.05) is 13.1 Å². The van der Waals surface area contributed by atoms with Crippen molar-refractivity contribution in [1.29, 1.82) is 0 Å². The molecule has 2 rings (SSSR count). The van der Waals surface area contributed by atoms with E-state index in [0.717, 1.165) is 5.56 Å². The van der Waals surface area contributed by atoms with Crippen LogP contribution in [0.4, 0.5) is 0 Å². The highest BCUT2D eigenvalue weighted by Crippen LogP contribution is 2.16. The standard InChI is InChI=1S/C18H21ClN2O3S/c1-3-21(4-2)25(23,24)17-10-8-15(9-11-17)18(22)20-13-14-6-5-7-16(19)12-14/h5-12H,3-4,13H2,1-2H3,(H,20,22). The van der Waals surface area contributed by atoms with Crippen molar-refractivity contribution in [1.82, 2.24) is 9.62 Å². The van der Waals surface area contributed by atoms with E-state index in [0.29, 0.717) is 30.2 Å². The molecular formula is C18H21ClN2O3S. The van der Waals surface area contributed by atoms with Crippen LogP contribution in [-0.2, 0) is 16.6 Å².